The molecule has 136 valence electrons. The first-order valence-corrected chi connectivity index (χ1v) is 9.05. The van der Waals surface area contributed by atoms with Crippen molar-refractivity contribution in [3.8, 4) is 0 Å². The van der Waals surface area contributed by atoms with Crippen molar-refractivity contribution in [1.82, 2.24) is 20.2 Å². The Morgan fingerprint density at radius 1 is 1.15 bits per heavy atom. The van der Waals surface area contributed by atoms with Crippen molar-refractivity contribution in [2.45, 2.75) is 51.2 Å². The summed E-state index contributed by atoms with van der Waals surface area (Å²) in [5.74, 6) is -0.480. The highest BCUT2D eigenvalue weighted by atomic mass is 19.1. The average Bonchev–Trinajstić information content (AvgIpc) is 3.38. The Bertz CT molecular complexity index is 840. The van der Waals surface area contributed by atoms with Crippen LogP contribution in [-0.2, 0) is 19.5 Å². The number of aromatic nitrogens is 2. The Kier molecular flexibility index (Phi) is 4.44. The quantitative estimate of drug-likeness (QED) is 0.862. The third-order valence-corrected chi connectivity index (χ3v) is 4.81. The van der Waals surface area contributed by atoms with Gasteiger partial charge in [0.05, 0.1) is 5.69 Å². The Morgan fingerprint density at radius 3 is 2.65 bits per heavy atom. The molecule has 2 aromatic rings. The number of hydrogen-bond acceptors (Lipinski definition) is 3. The van der Waals surface area contributed by atoms with Crippen molar-refractivity contribution in [2.75, 3.05) is 0 Å². The van der Waals surface area contributed by atoms with Gasteiger partial charge in [0.2, 0.25) is 0 Å². The lowest BCUT2D eigenvalue weighted by atomic mass is 10.1. The number of rotatable bonds is 5. The number of carbonyl (C=O) groups is 2. The van der Waals surface area contributed by atoms with Crippen LogP contribution in [0.2, 0.25) is 0 Å². The second-order valence-electron chi connectivity index (χ2n) is 6.90. The molecule has 26 heavy (non-hydrogen) atoms. The van der Waals surface area contributed by atoms with Gasteiger partial charge in [0.1, 0.15) is 11.5 Å². The van der Waals surface area contributed by atoms with Crippen LogP contribution in [0.25, 0.3) is 0 Å². The number of hydrogen-bond donors (Lipinski definition) is 2. The molecule has 2 amide bonds. The Labute approximate surface area is 150 Å². The first-order valence-electron chi connectivity index (χ1n) is 9.05. The van der Waals surface area contributed by atoms with E-state index in [1.165, 1.54) is 12.1 Å². The van der Waals surface area contributed by atoms with E-state index in [-0.39, 0.29) is 30.2 Å². The highest BCUT2D eigenvalue weighted by Crippen LogP contribution is 2.23. The van der Waals surface area contributed by atoms with E-state index in [0.717, 1.165) is 43.4 Å². The van der Waals surface area contributed by atoms with Gasteiger partial charge < -0.3 is 15.2 Å². The van der Waals surface area contributed by atoms with Crippen molar-refractivity contribution in [1.29, 1.82) is 0 Å². The van der Waals surface area contributed by atoms with Crippen molar-refractivity contribution in [3.05, 3.63) is 52.9 Å². The molecule has 0 unspecified atom stereocenters. The maximum absolute atomic E-state index is 13.0. The zero-order valence-corrected chi connectivity index (χ0v) is 14.4. The van der Waals surface area contributed by atoms with E-state index in [2.05, 4.69) is 15.6 Å². The van der Waals surface area contributed by atoms with Crippen LogP contribution in [0.5, 0.6) is 0 Å². The second kappa shape index (κ2) is 6.90. The third-order valence-electron chi connectivity index (χ3n) is 4.81. The second-order valence-corrected chi connectivity index (χ2v) is 6.90. The molecule has 0 radical (unpaired) electrons. The first kappa shape index (κ1) is 16.8. The molecule has 2 heterocycles. The number of benzene rings is 1. The highest BCUT2D eigenvalue weighted by molar-refractivity contribution is 5.97. The summed E-state index contributed by atoms with van der Waals surface area (Å²) in [5.41, 5.74) is 1.96. The van der Waals surface area contributed by atoms with Crippen LogP contribution in [0, 0.1) is 5.82 Å². The predicted molar refractivity (Wildman–Crippen MR) is 93.2 cm³/mol. The highest BCUT2D eigenvalue weighted by Gasteiger charge is 2.30. The first-order chi connectivity index (χ1) is 12.6. The predicted octanol–water partition coefficient (Wildman–Crippen LogP) is 2.18. The zero-order chi connectivity index (χ0) is 18.1. The summed E-state index contributed by atoms with van der Waals surface area (Å²) in [7, 11) is 0. The molecule has 1 saturated carbocycles. The SMILES string of the molecule is O=C(NCc1ccc(F)cc1)c1nc(C(=O)NC2CC2)n2c1CCCC2. The normalized spacial score (nSPS) is 16.0. The van der Waals surface area contributed by atoms with Crippen molar-refractivity contribution in [2.24, 2.45) is 0 Å². The van der Waals surface area contributed by atoms with E-state index in [4.69, 9.17) is 0 Å². The van der Waals surface area contributed by atoms with Gasteiger partial charge in [0.15, 0.2) is 5.82 Å². The maximum atomic E-state index is 13.0. The number of nitrogens with zero attached hydrogens (tertiary/aromatic N) is 2. The minimum Gasteiger partial charge on any atom is -0.347 e. The van der Waals surface area contributed by atoms with Crippen LogP contribution >= 0.6 is 0 Å². The topological polar surface area (TPSA) is 76.0 Å². The number of fused-ring (bicyclic) bond motifs is 1. The molecule has 1 aliphatic carbocycles. The van der Waals surface area contributed by atoms with Gasteiger partial charge in [-0.25, -0.2) is 9.37 Å². The monoisotopic (exact) mass is 356 g/mol. The Balaban J connectivity index is 1.52. The fourth-order valence-corrected chi connectivity index (χ4v) is 3.24. The van der Waals surface area contributed by atoms with E-state index in [0.29, 0.717) is 18.1 Å². The van der Waals surface area contributed by atoms with E-state index in [1.807, 2.05) is 4.57 Å². The third kappa shape index (κ3) is 3.47. The van der Waals surface area contributed by atoms with Gasteiger partial charge in [-0.3, -0.25) is 9.59 Å². The molecular weight excluding hydrogens is 335 g/mol. The van der Waals surface area contributed by atoms with E-state index >= 15 is 0 Å². The molecule has 0 saturated heterocycles. The number of amides is 2. The van der Waals surface area contributed by atoms with Crippen LogP contribution < -0.4 is 10.6 Å². The molecule has 4 rings (SSSR count). The average molecular weight is 356 g/mol. The van der Waals surface area contributed by atoms with Crippen LogP contribution in [0.15, 0.2) is 24.3 Å². The van der Waals surface area contributed by atoms with Gasteiger partial charge in [-0.2, -0.15) is 0 Å². The molecule has 1 fully saturated rings. The number of carbonyl (C=O) groups excluding carboxylic acids is 2. The van der Waals surface area contributed by atoms with Crippen molar-refractivity contribution >= 4 is 11.8 Å². The molecule has 2 aliphatic rings. The van der Waals surface area contributed by atoms with Crippen molar-refractivity contribution in [3.63, 3.8) is 0 Å². The largest absolute Gasteiger partial charge is 0.347 e. The van der Waals surface area contributed by atoms with Crippen LogP contribution in [0.1, 0.15) is 58.0 Å². The molecular formula is C19H21FN4O2. The lowest BCUT2D eigenvalue weighted by Gasteiger charge is -2.17. The fourth-order valence-electron chi connectivity index (χ4n) is 3.24. The van der Waals surface area contributed by atoms with Crippen molar-refractivity contribution < 1.29 is 14.0 Å². The number of nitrogens with one attached hydrogen (secondary N) is 2. The van der Waals surface area contributed by atoms with E-state index in [1.54, 1.807) is 12.1 Å². The van der Waals surface area contributed by atoms with Gasteiger partial charge in [-0.15, -0.1) is 0 Å². The van der Waals surface area contributed by atoms with Crippen LogP contribution in [0.3, 0.4) is 0 Å². The summed E-state index contributed by atoms with van der Waals surface area (Å²) in [5, 5.41) is 5.77. The molecule has 0 atom stereocenters. The summed E-state index contributed by atoms with van der Waals surface area (Å²) in [6.45, 7) is 0.996. The van der Waals surface area contributed by atoms with Gasteiger partial charge in [-0.05, 0) is 49.8 Å². The minimum absolute atomic E-state index is 0.201. The number of imidazole rings is 1. The Hall–Kier alpha value is -2.70. The van der Waals surface area contributed by atoms with Gasteiger partial charge >= 0.3 is 0 Å². The Morgan fingerprint density at radius 2 is 1.92 bits per heavy atom. The smallest absolute Gasteiger partial charge is 0.287 e. The van der Waals surface area contributed by atoms with Crippen LogP contribution in [0.4, 0.5) is 4.39 Å². The van der Waals surface area contributed by atoms with E-state index < -0.39 is 0 Å². The summed E-state index contributed by atoms with van der Waals surface area (Å²) >= 11 is 0. The van der Waals surface area contributed by atoms with E-state index in [9.17, 15) is 14.0 Å². The summed E-state index contributed by atoms with van der Waals surface area (Å²) < 4.78 is 14.9. The molecule has 0 spiro atoms. The minimum atomic E-state index is -0.311. The summed E-state index contributed by atoms with van der Waals surface area (Å²) in [6, 6.07) is 6.23. The molecule has 7 heteroatoms. The molecule has 2 N–H and O–H groups in total. The molecule has 0 bridgehead atoms. The molecule has 1 aromatic heterocycles. The summed E-state index contributed by atoms with van der Waals surface area (Å²) in [4.78, 5) is 29.5. The number of halogens is 1. The molecule has 6 nitrogen and oxygen atoms in total. The maximum Gasteiger partial charge on any atom is 0.287 e. The lowest BCUT2D eigenvalue weighted by molar-refractivity contribution is 0.0935. The lowest BCUT2D eigenvalue weighted by Crippen LogP contribution is -2.29. The van der Waals surface area contributed by atoms with Crippen LogP contribution in [-0.4, -0.2) is 27.4 Å². The summed E-state index contributed by atoms with van der Waals surface area (Å²) in [6.07, 6.45) is 4.70. The standard InChI is InChI=1S/C19H21FN4O2/c20-13-6-4-12(5-7-13)11-21-18(25)16-15-3-1-2-10-24(15)17(23-16)19(26)22-14-8-9-14/h4-7,14H,1-3,8-11H2,(H,21,25)(H,22,26). The van der Waals surface area contributed by atoms with Gasteiger partial charge in [-0.1, -0.05) is 12.1 Å². The van der Waals surface area contributed by atoms with Gasteiger partial charge in [0.25, 0.3) is 11.8 Å². The fraction of sp³-hybridized carbons (Fsp3) is 0.421. The molecule has 1 aromatic carbocycles. The zero-order valence-electron chi connectivity index (χ0n) is 14.4. The molecule has 1 aliphatic heterocycles. The van der Waals surface area contributed by atoms with Gasteiger partial charge in [0, 0.05) is 19.1 Å².